The molecule has 0 spiro atoms. The van der Waals surface area contributed by atoms with Gasteiger partial charge in [0.1, 0.15) is 6.04 Å². The Hall–Kier alpha value is -2.67. The molecule has 1 aliphatic carbocycles. The van der Waals surface area contributed by atoms with Crippen molar-refractivity contribution >= 4 is 27.7 Å². The first-order valence-electron chi connectivity index (χ1n) is 8.50. The van der Waals surface area contributed by atoms with E-state index in [1.165, 1.54) is 0 Å². The number of anilines is 1. The summed E-state index contributed by atoms with van der Waals surface area (Å²) in [6.07, 6.45) is 3.87. The van der Waals surface area contributed by atoms with Crippen molar-refractivity contribution in [1.82, 2.24) is 14.8 Å². The van der Waals surface area contributed by atoms with Crippen molar-refractivity contribution in [2.45, 2.75) is 25.3 Å². The van der Waals surface area contributed by atoms with Crippen LogP contribution in [0.3, 0.4) is 0 Å². The average molecular weight is 411 g/mol. The van der Waals surface area contributed by atoms with Gasteiger partial charge in [-0.2, -0.15) is 4.98 Å². The largest absolute Gasteiger partial charge is 0.461 e. The van der Waals surface area contributed by atoms with Crippen molar-refractivity contribution < 1.29 is 9.21 Å². The SMILES string of the molecule is O=C1CCCC2=C1C(c1ccc(Br)cc1)n1nc(-c3ccco3)nc1N2. The fraction of sp³-hybridized carbons (Fsp3) is 0.211. The molecule has 0 fully saturated rings. The summed E-state index contributed by atoms with van der Waals surface area (Å²) in [5, 5.41) is 7.97. The summed E-state index contributed by atoms with van der Waals surface area (Å²) < 4.78 is 8.23. The summed E-state index contributed by atoms with van der Waals surface area (Å²) in [6.45, 7) is 0. The Morgan fingerprint density at radius 3 is 2.81 bits per heavy atom. The molecule has 1 unspecified atom stereocenters. The van der Waals surface area contributed by atoms with E-state index in [0.29, 0.717) is 24.0 Å². The summed E-state index contributed by atoms with van der Waals surface area (Å²) in [5.74, 6) is 1.92. The number of rotatable bonds is 2. The van der Waals surface area contributed by atoms with Crippen LogP contribution in [-0.4, -0.2) is 20.5 Å². The van der Waals surface area contributed by atoms with Crippen molar-refractivity contribution in [3.63, 3.8) is 0 Å². The minimum atomic E-state index is -0.279. The van der Waals surface area contributed by atoms with E-state index in [1.807, 2.05) is 36.4 Å². The van der Waals surface area contributed by atoms with E-state index in [9.17, 15) is 4.79 Å². The van der Waals surface area contributed by atoms with E-state index in [0.717, 1.165) is 34.1 Å². The number of hydrogen-bond acceptors (Lipinski definition) is 5. The van der Waals surface area contributed by atoms with E-state index in [-0.39, 0.29) is 11.8 Å². The Balaban J connectivity index is 1.69. The van der Waals surface area contributed by atoms with Gasteiger partial charge >= 0.3 is 0 Å². The van der Waals surface area contributed by atoms with Gasteiger partial charge in [0.05, 0.1) is 6.26 Å². The van der Waals surface area contributed by atoms with Crippen molar-refractivity contribution in [3.8, 4) is 11.6 Å². The summed E-state index contributed by atoms with van der Waals surface area (Å²) in [6, 6.07) is 11.4. The molecule has 1 aliphatic heterocycles. The first-order chi connectivity index (χ1) is 12.7. The van der Waals surface area contributed by atoms with Gasteiger partial charge in [-0.25, -0.2) is 4.68 Å². The predicted octanol–water partition coefficient (Wildman–Crippen LogP) is 4.32. The Bertz CT molecular complexity index is 1020. The number of halogens is 1. The zero-order valence-electron chi connectivity index (χ0n) is 13.8. The Kier molecular flexibility index (Phi) is 3.56. The monoisotopic (exact) mass is 410 g/mol. The number of carbonyl (C=O) groups is 1. The van der Waals surface area contributed by atoms with Crippen LogP contribution in [0.25, 0.3) is 11.6 Å². The zero-order chi connectivity index (χ0) is 17.7. The molecule has 1 aromatic carbocycles. The highest BCUT2D eigenvalue weighted by Gasteiger charge is 2.37. The number of carbonyl (C=O) groups excluding carboxylic acids is 1. The molecule has 1 atom stereocenters. The number of nitrogens with one attached hydrogen (secondary N) is 1. The van der Waals surface area contributed by atoms with E-state index in [4.69, 9.17) is 4.42 Å². The molecule has 3 aromatic rings. The van der Waals surface area contributed by atoms with Crippen molar-refractivity contribution in [1.29, 1.82) is 0 Å². The molecule has 0 saturated carbocycles. The van der Waals surface area contributed by atoms with Crippen LogP contribution < -0.4 is 5.32 Å². The number of Topliss-reactive ketones (excluding diaryl/α,β-unsaturated/α-hetero) is 1. The maximum Gasteiger partial charge on any atom is 0.227 e. The Morgan fingerprint density at radius 2 is 2.04 bits per heavy atom. The average Bonchev–Trinajstić information content (AvgIpc) is 3.30. The molecule has 26 heavy (non-hydrogen) atoms. The second-order valence-electron chi connectivity index (χ2n) is 6.43. The van der Waals surface area contributed by atoms with Crippen LogP contribution in [0.15, 0.2) is 62.8 Å². The van der Waals surface area contributed by atoms with Gasteiger partial charge in [0.15, 0.2) is 11.5 Å². The highest BCUT2D eigenvalue weighted by molar-refractivity contribution is 9.10. The summed E-state index contributed by atoms with van der Waals surface area (Å²) in [4.78, 5) is 17.3. The van der Waals surface area contributed by atoms with Crippen LogP contribution in [0.1, 0.15) is 30.9 Å². The van der Waals surface area contributed by atoms with E-state index >= 15 is 0 Å². The maximum absolute atomic E-state index is 12.7. The standard InChI is InChI=1S/C19H15BrN4O2/c20-12-8-6-11(7-9-12)17-16-13(3-1-4-14(16)25)21-19-22-18(23-24(17)19)15-5-2-10-26-15/h2,5-10,17H,1,3-4H2,(H,21,22,23). The van der Waals surface area contributed by atoms with E-state index in [1.54, 1.807) is 10.9 Å². The summed E-state index contributed by atoms with van der Waals surface area (Å²) in [7, 11) is 0. The molecule has 0 amide bonds. The van der Waals surface area contributed by atoms with Gasteiger partial charge in [-0.15, -0.1) is 5.10 Å². The molecule has 3 heterocycles. The molecule has 0 saturated heterocycles. The van der Waals surface area contributed by atoms with Gasteiger partial charge in [-0.1, -0.05) is 28.1 Å². The molecular formula is C19H15BrN4O2. The first kappa shape index (κ1) is 15.6. The first-order valence-corrected chi connectivity index (χ1v) is 9.29. The topological polar surface area (TPSA) is 73.0 Å². The lowest BCUT2D eigenvalue weighted by atomic mass is 9.85. The maximum atomic E-state index is 12.7. The van der Waals surface area contributed by atoms with Crippen LogP contribution in [-0.2, 0) is 4.79 Å². The van der Waals surface area contributed by atoms with E-state index < -0.39 is 0 Å². The lowest BCUT2D eigenvalue weighted by Gasteiger charge is -2.32. The van der Waals surface area contributed by atoms with Gasteiger partial charge in [-0.3, -0.25) is 4.79 Å². The normalized spacial score (nSPS) is 19.1. The number of nitrogens with zero attached hydrogens (tertiary/aromatic N) is 3. The zero-order valence-corrected chi connectivity index (χ0v) is 15.4. The third-order valence-electron chi connectivity index (χ3n) is 4.80. The second kappa shape index (κ2) is 5.95. The van der Waals surface area contributed by atoms with Crippen LogP contribution in [0.5, 0.6) is 0 Å². The number of fused-ring (bicyclic) bond motifs is 1. The summed E-state index contributed by atoms with van der Waals surface area (Å²) >= 11 is 3.47. The molecular weight excluding hydrogens is 396 g/mol. The van der Waals surface area contributed by atoms with Crippen LogP contribution >= 0.6 is 15.9 Å². The summed E-state index contributed by atoms with van der Waals surface area (Å²) in [5.41, 5.74) is 2.76. The van der Waals surface area contributed by atoms with Crippen molar-refractivity contribution in [3.05, 3.63) is 64.0 Å². The quantitative estimate of drug-likeness (QED) is 0.680. The molecule has 5 rings (SSSR count). The fourth-order valence-electron chi connectivity index (χ4n) is 3.62. The number of benzene rings is 1. The highest BCUT2D eigenvalue weighted by atomic mass is 79.9. The van der Waals surface area contributed by atoms with Crippen LogP contribution in [0, 0.1) is 0 Å². The van der Waals surface area contributed by atoms with Gasteiger partial charge in [0.25, 0.3) is 0 Å². The smallest absolute Gasteiger partial charge is 0.227 e. The third-order valence-corrected chi connectivity index (χ3v) is 5.32. The number of furan rings is 1. The van der Waals surface area contributed by atoms with Crippen LogP contribution in [0.2, 0.25) is 0 Å². The Labute approximate surface area is 158 Å². The minimum absolute atomic E-state index is 0.173. The van der Waals surface area contributed by atoms with E-state index in [2.05, 4.69) is 31.3 Å². The third kappa shape index (κ3) is 2.42. The van der Waals surface area contributed by atoms with Gasteiger partial charge in [0, 0.05) is 22.2 Å². The van der Waals surface area contributed by atoms with Gasteiger partial charge in [-0.05, 0) is 42.7 Å². The number of allylic oxidation sites excluding steroid dienone is 2. The predicted molar refractivity (Wildman–Crippen MR) is 99.5 cm³/mol. The fourth-order valence-corrected chi connectivity index (χ4v) is 3.88. The van der Waals surface area contributed by atoms with Crippen LogP contribution in [0.4, 0.5) is 5.95 Å². The molecule has 2 aromatic heterocycles. The number of aromatic nitrogens is 3. The molecule has 6 nitrogen and oxygen atoms in total. The molecule has 0 radical (unpaired) electrons. The van der Waals surface area contributed by atoms with Gasteiger partial charge in [0.2, 0.25) is 11.8 Å². The molecule has 1 N–H and O–H groups in total. The lowest BCUT2D eigenvalue weighted by molar-refractivity contribution is -0.116. The molecule has 2 aliphatic rings. The second-order valence-corrected chi connectivity index (χ2v) is 7.34. The van der Waals surface area contributed by atoms with Crippen molar-refractivity contribution in [2.24, 2.45) is 0 Å². The molecule has 7 heteroatoms. The number of hydrogen-bond donors (Lipinski definition) is 1. The molecule has 130 valence electrons. The minimum Gasteiger partial charge on any atom is -0.461 e. The van der Waals surface area contributed by atoms with Gasteiger partial charge < -0.3 is 9.73 Å². The number of ketones is 1. The lowest BCUT2D eigenvalue weighted by Crippen LogP contribution is -2.31. The highest BCUT2D eigenvalue weighted by Crippen LogP contribution is 2.40. The van der Waals surface area contributed by atoms with Crippen molar-refractivity contribution in [2.75, 3.05) is 5.32 Å². The Morgan fingerprint density at radius 1 is 1.19 bits per heavy atom. The molecule has 0 bridgehead atoms.